The second-order valence-electron chi connectivity index (χ2n) is 7.58. The van der Waals surface area contributed by atoms with E-state index in [1.807, 2.05) is 39.6 Å². The van der Waals surface area contributed by atoms with E-state index in [-0.39, 0.29) is 17.5 Å². The Morgan fingerprint density at radius 1 is 1.30 bits per heavy atom. The molecule has 0 aliphatic carbocycles. The van der Waals surface area contributed by atoms with Crippen molar-refractivity contribution in [1.29, 1.82) is 0 Å². The number of nitrogens with zero attached hydrogens (tertiary/aromatic N) is 4. The van der Waals surface area contributed by atoms with Gasteiger partial charge in [0.25, 0.3) is 0 Å². The van der Waals surface area contributed by atoms with Crippen molar-refractivity contribution in [3.05, 3.63) is 35.1 Å². The van der Waals surface area contributed by atoms with Gasteiger partial charge in [-0.25, -0.2) is 13.1 Å². The maximum atomic E-state index is 12.0. The highest BCUT2D eigenvalue weighted by molar-refractivity contribution is 7.91. The summed E-state index contributed by atoms with van der Waals surface area (Å²) in [6.07, 6.45) is 0.683. The van der Waals surface area contributed by atoms with Gasteiger partial charge >= 0.3 is 0 Å². The largest absolute Gasteiger partial charge is 0.300 e. The van der Waals surface area contributed by atoms with Crippen LogP contribution in [-0.4, -0.2) is 51.8 Å². The molecule has 0 radical (unpaired) electrons. The first-order chi connectivity index (χ1) is 12.8. The zero-order chi connectivity index (χ0) is 19.6. The summed E-state index contributed by atoms with van der Waals surface area (Å²) in [5.74, 6) is 1.79. The molecule has 1 aromatic carbocycles. The minimum Gasteiger partial charge on any atom is -0.300 e. The highest BCUT2D eigenvalue weighted by Gasteiger charge is 2.33. The molecule has 6 nitrogen and oxygen atoms in total. The molecule has 0 unspecified atom stereocenters. The third-order valence-electron chi connectivity index (χ3n) is 4.91. The summed E-state index contributed by atoms with van der Waals surface area (Å²) in [5.41, 5.74) is 1.03. The Hall–Kier alpha value is -1.51. The van der Waals surface area contributed by atoms with Gasteiger partial charge < -0.3 is 4.57 Å². The average Bonchev–Trinajstić information content (AvgIpc) is 3.14. The van der Waals surface area contributed by atoms with Crippen LogP contribution in [0.15, 0.2) is 30.3 Å². The topological polar surface area (TPSA) is 60.1 Å². The molecule has 1 aromatic heterocycles. The first kappa shape index (κ1) is 20.2. The number of hydrogen-bond donors (Lipinski definition) is 0. The maximum absolute atomic E-state index is 12.0. The lowest BCUT2D eigenvalue weighted by atomic mass is 10.1. The van der Waals surface area contributed by atoms with Crippen LogP contribution < -0.4 is 0 Å². The molecule has 1 saturated heterocycles. The van der Waals surface area contributed by atoms with Crippen LogP contribution in [0.4, 0.5) is 0 Å². The Morgan fingerprint density at radius 2 is 2.00 bits per heavy atom. The second kappa shape index (κ2) is 8.24. The molecule has 0 bridgehead atoms. The van der Waals surface area contributed by atoms with Crippen molar-refractivity contribution in [3.8, 4) is 11.4 Å². The normalized spacial score (nSPS) is 19.2. The van der Waals surface area contributed by atoms with E-state index in [0.717, 1.165) is 24.5 Å². The fourth-order valence-electron chi connectivity index (χ4n) is 3.65. The van der Waals surface area contributed by atoms with E-state index in [9.17, 15) is 8.42 Å². The zero-order valence-electron chi connectivity index (χ0n) is 16.2. The van der Waals surface area contributed by atoms with Gasteiger partial charge in [0, 0.05) is 24.7 Å². The maximum Gasteiger partial charge on any atom is 0.199 e. The SMILES string of the molecule is CCn1c(-c2ccccc2)nn(CN(CC(C)C)[C@@H]2CCS(=O)(=O)C2)c1=S. The van der Waals surface area contributed by atoms with Gasteiger partial charge in [0.05, 0.1) is 18.2 Å². The minimum atomic E-state index is -2.93. The molecule has 0 amide bonds. The predicted octanol–water partition coefficient (Wildman–Crippen LogP) is 3.20. The van der Waals surface area contributed by atoms with Gasteiger partial charge in [-0.05, 0) is 31.5 Å². The standard InChI is InChI=1S/C19H28N4O2S2/c1-4-22-18(16-8-6-5-7-9-16)20-23(19(22)26)14-21(12-15(2)3)17-10-11-27(24,25)13-17/h5-9,15,17H,4,10-14H2,1-3H3/t17-/m1/s1. The number of hydrogen-bond acceptors (Lipinski definition) is 5. The molecule has 2 aromatic rings. The van der Waals surface area contributed by atoms with E-state index in [0.29, 0.717) is 23.8 Å². The van der Waals surface area contributed by atoms with Crippen molar-refractivity contribution >= 4 is 22.1 Å². The first-order valence-electron chi connectivity index (χ1n) is 9.48. The Labute approximate surface area is 166 Å². The molecule has 1 atom stereocenters. The zero-order valence-corrected chi connectivity index (χ0v) is 17.8. The summed E-state index contributed by atoms with van der Waals surface area (Å²) in [6, 6.07) is 10.1. The molecule has 2 heterocycles. The summed E-state index contributed by atoms with van der Waals surface area (Å²) in [7, 11) is -2.93. The fourth-order valence-corrected chi connectivity index (χ4v) is 5.72. The molecule has 1 fully saturated rings. The molecule has 0 N–H and O–H groups in total. The van der Waals surface area contributed by atoms with E-state index in [2.05, 4.69) is 25.7 Å². The monoisotopic (exact) mass is 408 g/mol. The molecule has 27 heavy (non-hydrogen) atoms. The van der Waals surface area contributed by atoms with E-state index in [1.54, 1.807) is 0 Å². The number of benzene rings is 1. The minimum absolute atomic E-state index is 0.0336. The molecular formula is C19H28N4O2S2. The average molecular weight is 409 g/mol. The summed E-state index contributed by atoms with van der Waals surface area (Å²) in [6.45, 7) is 8.44. The van der Waals surface area contributed by atoms with Gasteiger partial charge in [0.15, 0.2) is 20.4 Å². The summed E-state index contributed by atoms with van der Waals surface area (Å²) in [5, 5.41) is 4.79. The lowest BCUT2D eigenvalue weighted by Gasteiger charge is -2.29. The van der Waals surface area contributed by atoms with E-state index in [1.165, 1.54) is 0 Å². The molecule has 0 spiro atoms. The van der Waals surface area contributed by atoms with E-state index >= 15 is 0 Å². The van der Waals surface area contributed by atoms with Crippen molar-refractivity contribution < 1.29 is 8.42 Å². The van der Waals surface area contributed by atoms with E-state index in [4.69, 9.17) is 17.3 Å². The highest BCUT2D eigenvalue weighted by Crippen LogP contribution is 2.22. The Morgan fingerprint density at radius 3 is 2.56 bits per heavy atom. The number of rotatable bonds is 7. The molecule has 3 rings (SSSR count). The smallest absolute Gasteiger partial charge is 0.199 e. The van der Waals surface area contributed by atoms with Gasteiger partial charge in [0.2, 0.25) is 0 Å². The highest BCUT2D eigenvalue weighted by atomic mass is 32.2. The molecule has 1 aliphatic heterocycles. The van der Waals surface area contributed by atoms with Gasteiger partial charge in [-0.1, -0.05) is 44.2 Å². The molecule has 1 aliphatic rings. The molecule has 148 valence electrons. The quantitative estimate of drug-likeness (QED) is 0.659. The van der Waals surface area contributed by atoms with Crippen LogP contribution in [0, 0.1) is 10.7 Å². The third kappa shape index (κ3) is 4.67. The van der Waals surface area contributed by atoms with Gasteiger partial charge in [-0.3, -0.25) is 4.90 Å². The van der Waals surface area contributed by atoms with Crippen molar-refractivity contribution in [2.45, 2.75) is 46.4 Å². The Balaban J connectivity index is 1.92. The fraction of sp³-hybridized carbons (Fsp3) is 0.579. The first-order valence-corrected chi connectivity index (χ1v) is 11.7. The van der Waals surface area contributed by atoms with Crippen LogP contribution in [-0.2, 0) is 23.1 Å². The summed E-state index contributed by atoms with van der Waals surface area (Å²) < 4.78 is 28.5. The Kier molecular flexibility index (Phi) is 6.18. The lowest BCUT2D eigenvalue weighted by molar-refractivity contribution is 0.137. The van der Waals surface area contributed by atoms with Gasteiger partial charge in [-0.15, -0.1) is 0 Å². The summed E-state index contributed by atoms with van der Waals surface area (Å²) >= 11 is 5.68. The van der Waals surface area contributed by atoms with Crippen molar-refractivity contribution in [2.24, 2.45) is 5.92 Å². The van der Waals surface area contributed by atoms with Crippen LogP contribution in [0.25, 0.3) is 11.4 Å². The van der Waals surface area contributed by atoms with E-state index < -0.39 is 9.84 Å². The Bertz CT molecular complexity index is 932. The molecule has 8 heteroatoms. The van der Waals surface area contributed by atoms with Gasteiger partial charge in [0.1, 0.15) is 0 Å². The van der Waals surface area contributed by atoms with Crippen LogP contribution in [0.3, 0.4) is 0 Å². The summed E-state index contributed by atoms with van der Waals surface area (Å²) in [4.78, 5) is 2.23. The van der Waals surface area contributed by atoms with Crippen molar-refractivity contribution in [1.82, 2.24) is 19.2 Å². The van der Waals surface area contributed by atoms with Crippen LogP contribution in [0.5, 0.6) is 0 Å². The number of sulfone groups is 1. The predicted molar refractivity (Wildman–Crippen MR) is 111 cm³/mol. The van der Waals surface area contributed by atoms with Crippen molar-refractivity contribution in [3.63, 3.8) is 0 Å². The third-order valence-corrected chi connectivity index (χ3v) is 7.09. The molecular weight excluding hydrogens is 380 g/mol. The number of aromatic nitrogens is 3. The van der Waals surface area contributed by atoms with Gasteiger partial charge in [-0.2, -0.15) is 5.10 Å². The molecule has 0 saturated carbocycles. The lowest BCUT2D eigenvalue weighted by Crippen LogP contribution is -2.40. The van der Waals surface area contributed by atoms with Crippen LogP contribution >= 0.6 is 12.2 Å². The van der Waals surface area contributed by atoms with Crippen molar-refractivity contribution in [2.75, 3.05) is 18.1 Å². The second-order valence-corrected chi connectivity index (χ2v) is 10.2. The van der Waals surface area contributed by atoms with Crippen LogP contribution in [0.1, 0.15) is 27.2 Å². The van der Waals surface area contributed by atoms with Crippen LogP contribution in [0.2, 0.25) is 0 Å².